The van der Waals surface area contributed by atoms with Crippen molar-refractivity contribution in [3.05, 3.63) is 52.8 Å². The molecule has 1 saturated carbocycles. The zero-order valence-corrected chi connectivity index (χ0v) is 18.8. The highest BCUT2D eigenvalue weighted by Crippen LogP contribution is 2.45. The number of alkyl halides is 5. The van der Waals surface area contributed by atoms with Gasteiger partial charge in [-0.15, -0.1) is 0 Å². The van der Waals surface area contributed by atoms with E-state index in [2.05, 4.69) is 5.32 Å². The second-order valence-electron chi connectivity index (χ2n) is 8.99. The minimum atomic E-state index is -4.50. The molecule has 11 heteroatoms. The highest BCUT2D eigenvalue weighted by molar-refractivity contribution is 6.01. The van der Waals surface area contributed by atoms with Gasteiger partial charge in [0.25, 0.3) is 5.91 Å². The number of benzene rings is 2. The third-order valence-electron chi connectivity index (χ3n) is 6.13. The van der Waals surface area contributed by atoms with E-state index in [1.165, 1.54) is 36.9 Å². The molecule has 0 aromatic heterocycles. The van der Waals surface area contributed by atoms with Crippen molar-refractivity contribution in [1.29, 1.82) is 0 Å². The fraction of sp³-hybridized carbons (Fsp3) is 0.417. The van der Waals surface area contributed by atoms with E-state index in [4.69, 9.17) is 4.74 Å². The number of nitrogens with one attached hydrogen (secondary N) is 1. The predicted molar refractivity (Wildman–Crippen MR) is 115 cm³/mol. The van der Waals surface area contributed by atoms with Crippen LogP contribution < -0.4 is 15.0 Å². The first-order valence-corrected chi connectivity index (χ1v) is 10.9. The van der Waals surface area contributed by atoms with Crippen LogP contribution in [0.1, 0.15) is 42.9 Å². The van der Waals surface area contributed by atoms with Gasteiger partial charge in [0.15, 0.2) is 17.7 Å². The first-order chi connectivity index (χ1) is 16.2. The van der Waals surface area contributed by atoms with Gasteiger partial charge in [-0.1, -0.05) is 12.1 Å². The predicted octanol–water partition coefficient (Wildman–Crippen LogP) is 5.84. The summed E-state index contributed by atoms with van der Waals surface area (Å²) in [6, 6.07) is 5.69. The molecule has 188 valence electrons. The highest BCUT2D eigenvalue weighted by atomic mass is 19.4. The number of carbonyl (C=O) groups excluding carboxylic acids is 2. The van der Waals surface area contributed by atoms with Gasteiger partial charge in [-0.25, -0.2) is 13.2 Å². The van der Waals surface area contributed by atoms with Gasteiger partial charge < -0.3 is 15.0 Å². The summed E-state index contributed by atoms with van der Waals surface area (Å²) in [6.45, 7) is 2.77. The fourth-order valence-electron chi connectivity index (χ4n) is 4.30. The molecule has 0 saturated heterocycles. The van der Waals surface area contributed by atoms with E-state index >= 15 is 4.39 Å². The summed E-state index contributed by atoms with van der Waals surface area (Å²) < 4.78 is 85.5. The van der Waals surface area contributed by atoms with Crippen LogP contribution in [0, 0.1) is 18.7 Å². The van der Waals surface area contributed by atoms with Crippen molar-refractivity contribution >= 4 is 23.2 Å². The Kier molecular flexibility index (Phi) is 6.23. The standard InChI is InChI=1S/C24H22F6N2O3/c1-12-7-17-21(19(25)20(12)31-18(33)8-15-9-23(26,27)10-15)35-13(2)22(34)32(17)11-14-3-5-16(6-4-14)24(28,29)30/h3-7,13,15H,8-11H2,1-2H3,(H,31,33). The van der Waals surface area contributed by atoms with Crippen LogP contribution in [0.3, 0.4) is 0 Å². The number of hydrogen-bond acceptors (Lipinski definition) is 3. The molecule has 2 aliphatic rings. The summed E-state index contributed by atoms with van der Waals surface area (Å²) >= 11 is 0. The maximum absolute atomic E-state index is 15.4. The molecule has 0 bridgehead atoms. The number of ether oxygens (including phenoxy) is 1. The van der Waals surface area contributed by atoms with E-state index in [0.29, 0.717) is 5.56 Å². The Labute approximate surface area is 197 Å². The van der Waals surface area contributed by atoms with Gasteiger partial charge in [0.05, 0.1) is 23.5 Å². The van der Waals surface area contributed by atoms with Crippen LogP contribution in [0.5, 0.6) is 5.75 Å². The number of hydrogen-bond donors (Lipinski definition) is 1. The molecule has 1 atom stereocenters. The summed E-state index contributed by atoms with van der Waals surface area (Å²) in [7, 11) is 0. The number of fused-ring (bicyclic) bond motifs is 1. The molecule has 4 rings (SSSR count). The van der Waals surface area contributed by atoms with Gasteiger partial charge in [0.2, 0.25) is 11.8 Å². The molecule has 0 radical (unpaired) electrons. The first-order valence-electron chi connectivity index (χ1n) is 10.9. The van der Waals surface area contributed by atoms with E-state index in [1.54, 1.807) is 0 Å². The lowest BCUT2D eigenvalue weighted by Gasteiger charge is -2.35. The first kappa shape index (κ1) is 24.9. The van der Waals surface area contributed by atoms with E-state index in [9.17, 15) is 31.5 Å². The maximum atomic E-state index is 15.4. The third kappa shape index (κ3) is 5.08. The van der Waals surface area contributed by atoms with Gasteiger partial charge in [-0.05, 0) is 49.1 Å². The summed E-state index contributed by atoms with van der Waals surface area (Å²) in [4.78, 5) is 26.3. The number of amides is 2. The van der Waals surface area contributed by atoms with Crippen molar-refractivity contribution in [3.63, 3.8) is 0 Å². The Morgan fingerprint density at radius 1 is 1.20 bits per heavy atom. The maximum Gasteiger partial charge on any atom is 0.416 e. The number of carbonyl (C=O) groups is 2. The van der Waals surface area contributed by atoms with Crippen LogP contribution in [0.15, 0.2) is 30.3 Å². The van der Waals surface area contributed by atoms with E-state index in [-0.39, 0.29) is 35.7 Å². The molecule has 1 aliphatic carbocycles. The van der Waals surface area contributed by atoms with Crippen molar-refractivity contribution in [1.82, 2.24) is 0 Å². The van der Waals surface area contributed by atoms with Gasteiger partial charge in [0.1, 0.15) is 0 Å². The van der Waals surface area contributed by atoms with Crippen LogP contribution >= 0.6 is 0 Å². The molecule has 2 aromatic rings. The smallest absolute Gasteiger partial charge is 0.416 e. The zero-order chi connectivity index (χ0) is 25.7. The molecule has 1 aliphatic heterocycles. The topological polar surface area (TPSA) is 58.6 Å². The van der Waals surface area contributed by atoms with Crippen LogP contribution in [0.2, 0.25) is 0 Å². The van der Waals surface area contributed by atoms with Crippen molar-refractivity contribution in [2.24, 2.45) is 5.92 Å². The SMILES string of the molecule is Cc1cc2c(c(F)c1NC(=O)CC1CC(F)(F)C1)OC(C)C(=O)N2Cc1ccc(C(F)(F)F)cc1. The molecule has 1 unspecified atom stereocenters. The lowest BCUT2D eigenvalue weighted by molar-refractivity contribution is -0.137. The van der Waals surface area contributed by atoms with E-state index < -0.39 is 60.2 Å². The quantitative estimate of drug-likeness (QED) is 0.525. The van der Waals surface area contributed by atoms with Gasteiger partial charge in [-0.2, -0.15) is 13.2 Å². The van der Waals surface area contributed by atoms with Crippen LogP contribution in [0.25, 0.3) is 0 Å². The number of anilines is 2. The van der Waals surface area contributed by atoms with E-state index in [0.717, 1.165) is 12.1 Å². The Hall–Kier alpha value is -3.24. The van der Waals surface area contributed by atoms with Crippen LogP contribution in [0.4, 0.5) is 37.7 Å². The zero-order valence-electron chi connectivity index (χ0n) is 18.8. The number of rotatable bonds is 5. The van der Waals surface area contributed by atoms with Gasteiger partial charge in [-0.3, -0.25) is 9.59 Å². The average molecular weight is 500 g/mol. The Balaban J connectivity index is 1.58. The molecule has 0 spiro atoms. The normalized spacial score (nSPS) is 19.6. The molecule has 2 amide bonds. The number of aryl methyl sites for hydroxylation is 1. The Morgan fingerprint density at radius 3 is 2.40 bits per heavy atom. The number of nitrogens with zero attached hydrogens (tertiary/aromatic N) is 1. The van der Waals surface area contributed by atoms with Crippen molar-refractivity contribution in [2.45, 2.75) is 57.9 Å². The van der Waals surface area contributed by atoms with Crippen molar-refractivity contribution < 1.29 is 40.7 Å². The lowest BCUT2D eigenvalue weighted by atomic mass is 9.79. The molecule has 35 heavy (non-hydrogen) atoms. The minimum Gasteiger partial charge on any atom is -0.476 e. The number of halogens is 6. The van der Waals surface area contributed by atoms with E-state index in [1.807, 2.05) is 0 Å². The minimum absolute atomic E-state index is 0.0691. The second-order valence-corrected chi connectivity index (χ2v) is 8.99. The molecule has 1 fully saturated rings. The van der Waals surface area contributed by atoms with Gasteiger partial charge >= 0.3 is 6.18 Å². The van der Waals surface area contributed by atoms with Crippen molar-refractivity contribution in [2.75, 3.05) is 10.2 Å². The lowest BCUT2D eigenvalue weighted by Crippen LogP contribution is -2.44. The molecule has 2 aromatic carbocycles. The average Bonchev–Trinajstić information content (AvgIpc) is 2.74. The molecule has 1 heterocycles. The largest absolute Gasteiger partial charge is 0.476 e. The van der Waals surface area contributed by atoms with Crippen LogP contribution in [-0.2, 0) is 22.3 Å². The van der Waals surface area contributed by atoms with Gasteiger partial charge in [0, 0.05) is 19.3 Å². The van der Waals surface area contributed by atoms with Crippen molar-refractivity contribution in [3.8, 4) is 5.75 Å². The Bertz CT molecular complexity index is 1160. The molecular formula is C24H22F6N2O3. The fourth-order valence-corrected chi connectivity index (χ4v) is 4.30. The molecular weight excluding hydrogens is 478 g/mol. The summed E-state index contributed by atoms with van der Waals surface area (Å²) in [5.74, 6) is -5.61. The Morgan fingerprint density at radius 2 is 1.83 bits per heavy atom. The van der Waals surface area contributed by atoms with Crippen LogP contribution in [-0.4, -0.2) is 23.8 Å². The summed E-state index contributed by atoms with van der Waals surface area (Å²) in [6.07, 6.45) is -6.56. The monoisotopic (exact) mass is 500 g/mol. The third-order valence-corrected chi connectivity index (χ3v) is 6.13. The summed E-state index contributed by atoms with van der Waals surface area (Å²) in [5, 5.41) is 2.42. The molecule has 1 N–H and O–H groups in total. The second kappa shape index (κ2) is 8.76. The highest BCUT2D eigenvalue weighted by Gasteiger charge is 2.46. The summed E-state index contributed by atoms with van der Waals surface area (Å²) in [5.41, 5.74) is -0.303. The molecule has 5 nitrogen and oxygen atoms in total.